The fourth-order valence-corrected chi connectivity index (χ4v) is 2.57. The number of rotatable bonds is 11. The highest BCUT2D eigenvalue weighted by Crippen LogP contribution is 2.17. The number of guanidine groups is 1. The summed E-state index contributed by atoms with van der Waals surface area (Å²) in [5.41, 5.74) is 2.22. The second-order valence-corrected chi connectivity index (χ2v) is 6.07. The van der Waals surface area contributed by atoms with Crippen molar-refractivity contribution in [2.45, 2.75) is 26.9 Å². The van der Waals surface area contributed by atoms with Crippen LogP contribution in [0.5, 0.6) is 11.5 Å². The first-order chi connectivity index (χ1) is 13.8. The quantitative estimate of drug-likeness (QED) is 0.206. The zero-order valence-electron chi connectivity index (χ0n) is 17.4. The highest BCUT2D eigenvalue weighted by molar-refractivity contribution is 14.0. The van der Waals surface area contributed by atoms with E-state index in [4.69, 9.17) is 14.2 Å². The molecule has 0 saturated heterocycles. The highest BCUT2D eigenvalue weighted by Gasteiger charge is 2.04. The molecule has 0 bridgehead atoms. The number of halogens is 1. The van der Waals surface area contributed by atoms with Gasteiger partial charge in [-0.15, -0.1) is 24.0 Å². The molecule has 0 aliphatic carbocycles. The molecule has 6 nitrogen and oxygen atoms in total. The minimum Gasteiger partial charge on any atom is -0.494 e. The van der Waals surface area contributed by atoms with E-state index in [-0.39, 0.29) is 24.0 Å². The zero-order valence-corrected chi connectivity index (χ0v) is 19.8. The molecule has 160 valence electrons. The van der Waals surface area contributed by atoms with Crippen molar-refractivity contribution in [3.8, 4) is 11.5 Å². The molecular formula is C22H32IN3O3. The number of benzene rings is 2. The molecule has 0 aromatic heterocycles. The lowest BCUT2D eigenvalue weighted by Crippen LogP contribution is -2.36. The van der Waals surface area contributed by atoms with E-state index in [1.54, 1.807) is 7.11 Å². The molecule has 29 heavy (non-hydrogen) atoms. The average Bonchev–Trinajstić information content (AvgIpc) is 2.72. The van der Waals surface area contributed by atoms with Crippen molar-refractivity contribution in [2.75, 3.05) is 33.5 Å². The number of para-hydroxylation sites is 1. The van der Waals surface area contributed by atoms with E-state index in [2.05, 4.69) is 28.6 Å². The van der Waals surface area contributed by atoms with Gasteiger partial charge in [0.1, 0.15) is 18.1 Å². The first kappa shape index (κ1) is 25.0. The van der Waals surface area contributed by atoms with Crippen molar-refractivity contribution in [1.82, 2.24) is 10.6 Å². The van der Waals surface area contributed by atoms with Crippen LogP contribution >= 0.6 is 24.0 Å². The van der Waals surface area contributed by atoms with Gasteiger partial charge in [0, 0.05) is 25.8 Å². The van der Waals surface area contributed by atoms with Crippen LogP contribution in [0.3, 0.4) is 0 Å². The minimum atomic E-state index is 0. The lowest BCUT2D eigenvalue weighted by Gasteiger charge is -2.14. The molecule has 0 fully saturated rings. The van der Waals surface area contributed by atoms with Crippen molar-refractivity contribution in [1.29, 1.82) is 0 Å². The van der Waals surface area contributed by atoms with Crippen molar-refractivity contribution < 1.29 is 14.2 Å². The van der Waals surface area contributed by atoms with E-state index >= 15 is 0 Å². The molecule has 2 rings (SSSR count). The molecule has 0 radical (unpaired) electrons. The molecule has 7 heteroatoms. The second kappa shape index (κ2) is 14.9. The topological polar surface area (TPSA) is 64.1 Å². The van der Waals surface area contributed by atoms with Crippen molar-refractivity contribution in [3.63, 3.8) is 0 Å². The Bertz CT molecular complexity index is 723. The van der Waals surface area contributed by atoms with Crippen molar-refractivity contribution in [3.05, 3.63) is 59.7 Å². The van der Waals surface area contributed by atoms with E-state index < -0.39 is 0 Å². The summed E-state index contributed by atoms with van der Waals surface area (Å²) in [7, 11) is 1.66. The lowest BCUT2D eigenvalue weighted by atomic mass is 10.2. The third-order valence-electron chi connectivity index (χ3n) is 3.96. The Labute approximate surface area is 191 Å². The van der Waals surface area contributed by atoms with Gasteiger partial charge < -0.3 is 24.8 Å². The normalized spacial score (nSPS) is 10.8. The summed E-state index contributed by atoms with van der Waals surface area (Å²) in [6.45, 7) is 7.85. The van der Waals surface area contributed by atoms with Gasteiger partial charge in [-0.3, -0.25) is 0 Å². The van der Waals surface area contributed by atoms with E-state index in [1.165, 1.54) is 0 Å². The largest absolute Gasteiger partial charge is 0.494 e. The summed E-state index contributed by atoms with van der Waals surface area (Å²) < 4.78 is 16.3. The molecule has 0 spiro atoms. The summed E-state index contributed by atoms with van der Waals surface area (Å²) in [6, 6.07) is 16.0. The summed E-state index contributed by atoms with van der Waals surface area (Å²) in [4.78, 5) is 4.67. The predicted octanol–water partition coefficient (Wildman–Crippen LogP) is 3.98. The molecule has 0 atom stereocenters. The summed E-state index contributed by atoms with van der Waals surface area (Å²) >= 11 is 0. The van der Waals surface area contributed by atoms with Gasteiger partial charge in [-0.1, -0.05) is 30.3 Å². The maximum Gasteiger partial charge on any atom is 0.191 e. The number of nitrogens with zero attached hydrogens (tertiary/aromatic N) is 1. The average molecular weight is 513 g/mol. The van der Waals surface area contributed by atoms with Crippen LogP contribution < -0.4 is 20.1 Å². The zero-order chi connectivity index (χ0) is 20.0. The molecule has 2 N–H and O–H groups in total. The first-order valence-corrected chi connectivity index (χ1v) is 9.70. The summed E-state index contributed by atoms with van der Waals surface area (Å²) in [5.74, 6) is 2.51. The molecule has 0 heterocycles. The Hall–Kier alpha value is -2.00. The van der Waals surface area contributed by atoms with Crippen molar-refractivity contribution >= 4 is 29.9 Å². The smallest absolute Gasteiger partial charge is 0.191 e. The van der Waals surface area contributed by atoms with Crippen LogP contribution in [0.2, 0.25) is 0 Å². The predicted molar refractivity (Wildman–Crippen MR) is 128 cm³/mol. The maximum absolute atomic E-state index is 5.68. The van der Waals surface area contributed by atoms with Gasteiger partial charge in [0.25, 0.3) is 0 Å². The fraction of sp³-hybridized carbons (Fsp3) is 0.409. The number of aliphatic imine (C=N–C) groups is 1. The van der Waals surface area contributed by atoms with Crippen LogP contribution in [-0.4, -0.2) is 39.4 Å². The molecule has 2 aromatic rings. The minimum absolute atomic E-state index is 0. The Morgan fingerprint density at radius 1 is 0.931 bits per heavy atom. The Morgan fingerprint density at radius 3 is 2.38 bits per heavy atom. The monoisotopic (exact) mass is 513 g/mol. The molecule has 0 aliphatic rings. The summed E-state index contributed by atoms with van der Waals surface area (Å²) in [6.07, 6.45) is 0. The standard InChI is InChI=1S/C22H31N3O3.HI/c1-4-23-22(25-17-19-8-6-7-9-21(19)27-5-2)24-16-18-10-12-20(13-11-18)28-15-14-26-3;/h6-13H,4-5,14-17H2,1-3H3,(H2,23,24,25);1H. The Balaban J connectivity index is 0.00000420. The van der Waals surface area contributed by atoms with Crippen LogP contribution in [0.4, 0.5) is 0 Å². The van der Waals surface area contributed by atoms with Crippen LogP contribution in [0.15, 0.2) is 53.5 Å². The number of hydrogen-bond donors (Lipinski definition) is 2. The van der Waals surface area contributed by atoms with Crippen LogP contribution in [-0.2, 0) is 17.8 Å². The van der Waals surface area contributed by atoms with Gasteiger partial charge in [-0.2, -0.15) is 0 Å². The SMILES string of the molecule is CCNC(=NCc1ccc(OCCOC)cc1)NCc1ccccc1OCC.I. The fourth-order valence-electron chi connectivity index (χ4n) is 2.57. The van der Waals surface area contributed by atoms with Gasteiger partial charge in [0.2, 0.25) is 0 Å². The van der Waals surface area contributed by atoms with E-state index in [0.717, 1.165) is 35.1 Å². The second-order valence-electron chi connectivity index (χ2n) is 6.07. The van der Waals surface area contributed by atoms with Crippen LogP contribution in [0.25, 0.3) is 0 Å². The molecule has 0 aliphatic heterocycles. The Morgan fingerprint density at radius 2 is 1.69 bits per heavy atom. The van der Waals surface area contributed by atoms with E-state index in [9.17, 15) is 0 Å². The van der Waals surface area contributed by atoms with E-state index in [0.29, 0.717) is 32.9 Å². The molecule has 0 saturated carbocycles. The number of nitrogens with one attached hydrogen (secondary N) is 2. The Kier molecular flexibility index (Phi) is 12.9. The lowest BCUT2D eigenvalue weighted by molar-refractivity contribution is 0.146. The van der Waals surface area contributed by atoms with Gasteiger partial charge in [-0.05, 0) is 37.6 Å². The van der Waals surface area contributed by atoms with Crippen LogP contribution in [0, 0.1) is 0 Å². The summed E-state index contributed by atoms with van der Waals surface area (Å²) in [5, 5.41) is 6.65. The molecule has 0 unspecified atom stereocenters. The number of ether oxygens (including phenoxy) is 3. The van der Waals surface area contributed by atoms with Crippen molar-refractivity contribution in [2.24, 2.45) is 4.99 Å². The molecule has 0 amide bonds. The van der Waals surface area contributed by atoms with E-state index in [1.807, 2.05) is 49.4 Å². The third-order valence-corrected chi connectivity index (χ3v) is 3.96. The number of methoxy groups -OCH3 is 1. The van der Waals surface area contributed by atoms with Gasteiger partial charge >= 0.3 is 0 Å². The molecule has 2 aromatic carbocycles. The first-order valence-electron chi connectivity index (χ1n) is 9.70. The maximum atomic E-state index is 5.68. The molecular weight excluding hydrogens is 481 g/mol. The third kappa shape index (κ3) is 9.36. The highest BCUT2D eigenvalue weighted by atomic mass is 127. The van der Waals surface area contributed by atoms with Gasteiger partial charge in [0.05, 0.1) is 19.8 Å². The van der Waals surface area contributed by atoms with Gasteiger partial charge in [0.15, 0.2) is 5.96 Å². The van der Waals surface area contributed by atoms with Gasteiger partial charge in [-0.25, -0.2) is 4.99 Å². The number of hydrogen-bond acceptors (Lipinski definition) is 4. The van der Waals surface area contributed by atoms with Crippen LogP contribution in [0.1, 0.15) is 25.0 Å².